The number of benzene rings is 1. The van der Waals surface area contributed by atoms with E-state index in [0.717, 1.165) is 5.56 Å². The molecule has 0 saturated heterocycles. The summed E-state index contributed by atoms with van der Waals surface area (Å²) in [6.07, 6.45) is -5.75. The summed E-state index contributed by atoms with van der Waals surface area (Å²) in [7, 11) is 0. The van der Waals surface area contributed by atoms with E-state index in [1.54, 1.807) is 12.1 Å². The molecule has 1 aromatic carbocycles. The van der Waals surface area contributed by atoms with Crippen LogP contribution in [-0.4, -0.2) is 24.0 Å². The lowest BCUT2D eigenvalue weighted by Crippen LogP contribution is -2.32. The van der Waals surface area contributed by atoms with Crippen molar-refractivity contribution < 1.29 is 23.0 Å². The quantitative estimate of drug-likeness (QED) is 0.846. The van der Waals surface area contributed by atoms with Crippen molar-refractivity contribution in [1.29, 1.82) is 0 Å². The summed E-state index contributed by atoms with van der Waals surface area (Å²) in [4.78, 5) is 0. The Morgan fingerprint density at radius 2 is 2.12 bits per heavy atom. The molecule has 2 rings (SSSR count). The van der Waals surface area contributed by atoms with Gasteiger partial charge in [0, 0.05) is 13.0 Å². The molecule has 1 atom stereocenters. The minimum Gasteiger partial charge on any atom is -0.480 e. The van der Waals surface area contributed by atoms with Gasteiger partial charge in [-0.2, -0.15) is 13.2 Å². The van der Waals surface area contributed by atoms with Gasteiger partial charge in [-0.25, -0.2) is 0 Å². The average molecular weight is 232 g/mol. The van der Waals surface area contributed by atoms with E-state index in [-0.39, 0.29) is 13.0 Å². The lowest BCUT2D eigenvalue weighted by atomic mass is 10.0. The van der Waals surface area contributed by atoms with E-state index in [1.807, 2.05) is 0 Å². The molecule has 2 nitrogen and oxygen atoms in total. The zero-order valence-corrected chi connectivity index (χ0v) is 8.42. The molecule has 1 aliphatic heterocycles. The zero-order valence-electron chi connectivity index (χ0n) is 8.42. The van der Waals surface area contributed by atoms with E-state index in [9.17, 15) is 13.2 Å². The van der Waals surface area contributed by atoms with Crippen molar-refractivity contribution in [3.63, 3.8) is 0 Å². The van der Waals surface area contributed by atoms with Crippen molar-refractivity contribution in [3.8, 4) is 5.75 Å². The highest BCUT2D eigenvalue weighted by Gasteiger charge is 2.45. The lowest BCUT2D eigenvalue weighted by molar-refractivity contribution is -0.189. The van der Waals surface area contributed by atoms with Crippen molar-refractivity contribution in [2.45, 2.75) is 25.1 Å². The first-order valence-electron chi connectivity index (χ1n) is 4.97. The summed E-state index contributed by atoms with van der Waals surface area (Å²) in [6, 6.07) is 4.87. The second-order valence-electron chi connectivity index (χ2n) is 3.77. The highest BCUT2D eigenvalue weighted by Crippen LogP contribution is 2.36. The second kappa shape index (κ2) is 3.97. The number of hydrogen-bond donors (Lipinski definition) is 1. The van der Waals surface area contributed by atoms with Crippen LogP contribution in [0.5, 0.6) is 5.75 Å². The third-order valence-corrected chi connectivity index (χ3v) is 2.56. The van der Waals surface area contributed by atoms with E-state index < -0.39 is 12.3 Å². The van der Waals surface area contributed by atoms with Crippen LogP contribution in [0.25, 0.3) is 0 Å². The van der Waals surface area contributed by atoms with Crippen molar-refractivity contribution in [2.24, 2.45) is 0 Å². The van der Waals surface area contributed by atoms with Gasteiger partial charge in [0.2, 0.25) is 0 Å². The van der Waals surface area contributed by atoms with Crippen molar-refractivity contribution in [2.75, 3.05) is 6.61 Å². The molecule has 1 aliphatic rings. The lowest BCUT2D eigenvalue weighted by Gasteiger charge is -2.13. The minimum absolute atomic E-state index is 0.0116. The van der Waals surface area contributed by atoms with Gasteiger partial charge in [0.15, 0.2) is 6.10 Å². The highest BCUT2D eigenvalue weighted by atomic mass is 19.4. The molecule has 1 unspecified atom stereocenters. The topological polar surface area (TPSA) is 29.5 Å². The summed E-state index contributed by atoms with van der Waals surface area (Å²) in [5.74, 6) is 0.295. The van der Waals surface area contributed by atoms with Crippen LogP contribution in [0.1, 0.15) is 11.1 Å². The summed E-state index contributed by atoms with van der Waals surface area (Å²) in [6.45, 7) is -0.0116. The molecule has 16 heavy (non-hydrogen) atoms. The Labute approximate surface area is 90.7 Å². The summed E-state index contributed by atoms with van der Waals surface area (Å²) < 4.78 is 42.0. The molecule has 0 radical (unpaired) electrons. The van der Waals surface area contributed by atoms with Gasteiger partial charge in [0.05, 0.1) is 0 Å². The molecule has 0 saturated carbocycles. The molecule has 0 aromatic heterocycles. The summed E-state index contributed by atoms with van der Waals surface area (Å²) in [5.41, 5.74) is 1.39. The molecule has 0 aliphatic carbocycles. The molecular formula is C11H11F3O2. The fraction of sp³-hybridized carbons (Fsp3) is 0.455. The molecule has 1 aromatic rings. The number of alkyl halides is 3. The van der Waals surface area contributed by atoms with E-state index in [1.165, 1.54) is 6.07 Å². The number of halogens is 3. The van der Waals surface area contributed by atoms with Crippen molar-refractivity contribution >= 4 is 0 Å². The Morgan fingerprint density at radius 1 is 1.38 bits per heavy atom. The third-order valence-electron chi connectivity index (χ3n) is 2.56. The third kappa shape index (κ3) is 2.14. The van der Waals surface area contributed by atoms with Gasteiger partial charge in [-0.05, 0) is 23.6 Å². The fourth-order valence-corrected chi connectivity index (χ4v) is 1.77. The maximum absolute atomic E-state index is 12.4. The van der Waals surface area contributed by atoms with E-state index >= 15 is 0 Å². The molecule has 0 bridgehead atoms. The van der Waals surface area contributed by atoms with Gasteiger partial charge in [-0.15, -0.1) is 0 Å². The largest absolute Gasteiger partial charge is 0.480 e. The normalized spacial score (nSPS) is 19.4. The van der Waals surface area contributed by atoms with Gasteiger partial charge in [-0.3, -0.25) is 0 Å². The number of rotatable bonds is 2. The van der Waals surface area contributed by atoms with Crippen molar-refractivity contribution in [3.05, 3.63) is 29.3 Å². The highest BCUT2D eigenvalue weighted by molar-refractivity contribution is 5.41. The van der Waals surface area contributed by atoms with Crippen LogP contribution in [0.4, 0.5) is 13.2 Å². The SMILES string of the molecule is OCCc1ccc2c(c1)CC(C(F)(F)F)O2. The Kier molecular flexibility index (Phi) is 2.80. The molecule has 1 heterocycles. The Balaban J connectivity index is 2.18. The molecular weight excluding hydrogens is 221 g/mol. The molecule has 5 heteroatoms. The standard InChI is InChI=1S/C11H11F3O2/c12-11(13,14)10-6-8-5-7(3-4-15)1-2-9(8)16-10/h1-2,5,10,15H,3-4,6H2. The number of aliphatic hydroxyl groups excluding tert-OH is 1. The zero-order chi connectivity index (χ0) is 11.8. The van der Waals surface area contributed by atoms with Crippen LogP contribution >= 0.6 is 0 Å². The Bertz CT molecular complexity index is 387. The van der Waals surface area contributed by atoms with E-state index in [2.05, 4.69) is 0 Å². The predicted molar refractivity (Wildman–Crippen MR) is 51.4 cm³/mol. The van der Waals surface area contributed by atoms with Crippen LogP contribution in [0.3, 0.4) is 0 Å². The molecule has 0 fully saturated rings. The van der Waals surface area contributed by atoms with Gasteiger partial charge >= 0.3 is 6.18 Å². The maximum atomic E-state index is 12.4. The number of fused-ring (bicyclic) bond motifs is 1. The smallest absolute Gasteiger partial charge is 0.425 e. The number of hydrogen-bond acceptors (Lipinski definition) is 2. The van der Waals surface area contributed by atoms with Crippen molar-refractivity contribution in [1.82, 2.24) is 0 Å². The van der Waals surface area contributed by atoms with E-state index in [4.69, 9.17) is 9.84 Å². The second-order valence-corrected chi connectivity index (χ2v) is 3.77. The van der Waals surface area contributed by atoms with Crippen LogP contribution < -0.4 is 4.74 Å². The van der Waals surface area contributed by atoms with Gasteiger partial charge in [0.1, 0.15) is 5.75 Å². The molecule has 1 N–H and O–H groups in total. The number of ether oxygens (including phenoxy) is 1. The van der Waals surface area contributed by atoms with Gasteiger partial charge < -0.3 is 9.84 Å². The predicted octanol–water partition coefficient (Wildman–Crippen LogP) is 2.09. The first-order chi connectivity index (χ1) is 7.50. The van der Waals surface area contributed by atoms with Crippen LogP contribution in [0.2, 0.25) is 0 Å². The average Bonchev–Trinajstić information content (AvgIpc) is 2.60. The molecule has 88 valence electrons. The Morgan fingerprint density at radius 3 is 2.75 bits per heavy atom. The summed E-state index contributed by atoms with van der Waals surface area (Å²) >= 11 is 0. The number of aliphatic hydroxyl groups is 1. The first kappa shape index (κ1) is 11.3. The monoisotopic (exact) mass is 232 g/mol. The van der Waals surface area contributed by atoms with Gasteiger partial charge in [0.25, 0.3) is 0 Å². The van der Waals surface area contributed by atoms with E-state index in [0.29, 0.717) is 17.7 Å². The first-order valence-corrected chi connectivity index (χ1v) is 4.97. The minimum atomic E-state index is -4.32. The summed E-state index contributed by atoms with van der Waals surface area (Å²) in [5, 5.41) is 8.74. The van der Waals surface area contributed by atoms with Crippen LogP contribution in [0.15, 0.2) is 18.2 Å². The maximum Gasteiger partial charge on any atom is 0.425 e. The molecule has 0 amide bonds. The Hall–Kier alpha value is -1.23. The van der Waals surface area contributed by atoms with Gasteiger partial charge in [-0.1, -0.05) is 12.1 Å². The van der Waals surface area contributed by atoms with Crippen LogP contribution in [-0.2, 0) is 12.8 Å². The molecule has 0 spiro atoms. The van der Waals surface area contributed by atoms with Crippen LogP contribution in [0, 0.1) is 0 Å². The fourth-order valence-electron chi connectivity index (χ4n) is 1.77.